The molecule has 0 unspecified atom stereocenters. The number of carbonyl (C=O) groups excluding carboxylic acids is 1. The van der Waals surface area contributed by atoms with Gasteiger partial charge in [-0.1, -0.05) is 52.8 Å². The highest BCUT2D eigenvalue weighted by Gasteiger charge is 2.21. The van der Waals surface area contributed by atoms with Crippen LogP contribution in [0, 0.1) is 0 Å². The summed E-state index contributed by atoms with van der Waals surface area (Å²) < 4.78 is 27.1. The van der Waals surface area contributed by atoms with Crippen LogP contribution in [0.1, 0.15) is 64.0 Å². The van der Waals surface area contributed by atoms with E-state index in [0.29, 0.717) is 18.2 Å². The van der Waals surface area contributed by atoms with Crippen LogP contribution in [-0.4, -0.2) is 31.0 Å². The number of nitrogens with one attached hydrogen (secondary N) is 3. The summed E-state index contributed by atoms with van der Waals surface area (Å²) in [6.45, 7) is 10.8. The number of aromatic nitrogens is 2. The number of amides is 2. The topological polar surface area (TPSA) is 113 Å². The summed E-state index contributed by atoms with van der Waals surface area (Å²) in [5.41, 5.74) is 2.53. The molecule has 1 heterocycles. The minimum absolute atomic E-state index is 0.164. The van der Waals surface area contributed by atoms with E-state index in [1.165, 1.54) is 12.4 Å². The van der Waals surface area contributed by atoms with Crippen molar-refractivity contribution in [2.24, 2.45) is 0 Å². The van der Waals surface area contributed by atoms with Crippen LogP contribution in [0.5, 0.6) is 0 Å². The molecule has 8 nitrogen and oxygen atoms in total. The lowest BCUT2D eigenvalue weighted by molar-refractivity contribution is 0.256. The monoisotopic (exact) mass is 419 g/mol. The van der Waals surface area contributed by atoms with E-state index in [0.717, 1.165) is 17.5 Å². The van der Waals surface area contributed by atoms with E-state index in [2.05, 4.69) is 20.6 Å². The molecule has 0 aliphatic carbocycles. The van der Waals surface area contributed by atoms with Crippen LogP contribution in [-0.2, 0) is 10.0 Å². The minimum Gasteiger partial charge on any atom is -0.354 e. The fraction of sp³-hybridized carbons (Fsp3) is 0.450. The van der Waals surface area contributed by atoms with Gasteiger partial charge in [-0.2, -0.15) is 0 Å². The second kappa shape index (κ2) is 9.69. The highest BCUT2D eigenvalue weighted by atomic mass is 32.2. The summed E-state index contributed by atoms with van der Waals surface area (Å²) in [5, 5.41) is 5.69. The molecule has 1 aromatic heterocycles. The molecule has 0 atom stereocenters. The number of anilines is 2. The maximum absolute atomic E-state index is 12.5. The van der Waals surface area contributed by atoms with Gasteiger partial charge < -0.3 is 10.6 Å². The van der Waals surface area contributed by atoms with Crippen LogP contribution in [0.4, 0.5) is 16.4 Å². The average molecular weight is 420 g/mol. The number of benzene rings is 1. The van der Waals surface area contributed by atoms with Crippen molar-refractivity contribution < 1.29 is 13.2 Å². The largest absolute Gasteiger partial charge is 0.354 e. The first kappa shape index (κ1) is 22.6. The molecule has 1 aromatic carbocycles. The third-order valence-electron chi connectivity index (χ3n) is 4.31. The molecule has 0 aliphatic heterocycles. The zero-order valence-electron chi connectivity index (χ0n) is 17.5. The second-order valence-corrected chi connectivity index (χ2v) is 9.03. The fourth-order valence-electron chi connectivity index (χ4n) is 2.80. The van der Waals surface area contributed by atoms with Gasteiger partial charge in [-0.25, -0.2) is 27.9 Å². The first-order valence-corrected chi connectivity index (χ1v) is 11.2. The molecule has 0 saturated heterocycles. The van der Waals surface area contributed by atoms with E-state index < -0.39 is 16.1 Å². The van der Waals surface area contributed by atoms with Gasteiger partial charge in [0.25, 0.3) is 10.0 Å². The molecule has 0 aliphatic rings. The molecule has 0 spiro atoms. The molecule has 3 N–H and O–H groups in total. The second-order valence-electron chi connectivity index (χ2n) is 7.35. The normalized spacial score (nSPS) is 11.6. The van der Waals surface area contributed by atoms with Crippen molar-refractivity contribution in [1.82, 2.24) is 14.7 Å². The molecule has 2 aromatic rings. The van der Waals surface area contributed by atoms with Crippen LogP contribution in [0.25, 0.3) is 0 Å². The Bertz CT molecular complexity index is 915. The summed E-state index contributed by atoms with van der Waals surface area (Å²) in [6.07, 6.45) is 3.23. The van der Waals surface area contributed by atoms with Crippen molar-refractivity contribution >= 4 is 27.7 Å². The molecule has 158 valence electrons. The lowest BCUT2D eigenvalue weighted by Crippen LogP contribution is -2.35. The molecule has 0 saturated carbocycles. The van der Waals surface area contributed by atoms with Crippen LogP contribution in [0.3, 0.4) is 0 Å². The van der Waals surface area contributed by atoms with Gasteiger partial charge in [-0.3, -0.25) is 0 Å². The number of nitrogens with zero attached hydrogens (tertiary/aromatic N) is 2. The standard InChI is InChI=1S/C20H29N5O3S/c1-6-10-21-19-22-11-15(12-23-19)29(27,28)25-20(26)24-18-16(13(2)3)8-7-9-17(18)14(4)5/h7-9,11-14H,6,10H2,1-5H3,(H,21,22,23)(H2,24,25,26). The minimum atomic E-state index is -4.10. The fourth-order valence-corrected chi connectivity index (χ4v) is 3.59. The Hall–Kier alpha value is -2.68. The molecule has 2 amide bonds. The summed E-state index contributed by atoms with van der Waals surface area (Å²) in [7, 11) is -4.10. The third-order valence-corrected chi connectivity index (χ3v) is 5.60. The highest BCUT2D eigenvalue weighted by Crippen LogP contribution is 2.32. The van der Waals surface area contributed by atoms with Crippen LogP contribution in [0.15, 0.2) is 35.5 Å². The highest BCUT2D eigenvalue weighted by molar-refractivity contribution is 7.90. The first-order chi connectivity index (χ1) is 13.7. The molecular formula is C20H29N5O3S. The van der Waals surface area contributed by atoms with Crippen molar-refractivity contribution in [1.29, 1.82) is 0 Å². The van der Waals surface area contributed by atoms with Gasteiger partial charge in [0.05, 0.1) is 12.4 Å². The van der Waals surface area contributed by atoms with E-state index >= 15 is 0 Å². The molecule has 0 fully saturated rings. The van der Waals surface area contributed by atoms with Crippen molar-refractivity contribution in [3.63, 3.8) is 0 Å². The summed E-state index contributed by atoms with van der Waals surface area (Å²) in [6, 6.07) is 4.97. The number of para-hydroxylation sites is 1. The predicted molar refractivity (Wildman–Crippen MR) is 115 cm³/mol. The molecule has 2 rings (SSSR count). The van der Waals surface area contributed by atoms with E-state index in [9.17, 15) is 13.2 Å². The number of hydrogen-bond donors (Lipinski definition) is 3. The van der Waals surface area contributed by atoms with E-state index in [1.54, 1.807) is 0 Å². The average Bonchev–Trinajstić information content (AvgIpc) is 2.66. The summed E-state index contributed by atoms with van der Waals surface area (Å²) in [5.74, 6) is 0.664. The van der Waals surface area contributed by atoms with Crippen LogP contribution < -0.4 is 15.4 Å². The number of sulfonamides is 1. The number of rotatable bonds is 8. The molecule has 9 heteroatoms. The van der Waals surface area contributed by atoms with Crippen molar-refractivity contribution in [3.05, 3.63) is 41.7 Å². The molecule has 0 radical (unpaired) electrons. The number of carbonyl (C=O) groups is 1. The Morgan fingerprint density at radius 3 is 2.07 bits per heavy atom. The summed E-state index contributed by atoms with van der Waals surface area (Å²) in [4.78, 5) is 20.3. The zero-order valence-corrected chi connectivity index (χ0v) is 18.3. The predicted octanol–water partition coefficient (Wildman–Crippen LogP) is 4.06. The number of urea groups is 1. The Morgan fingerprint density at radius 1 is 1.03 bits per heavy atom. The van der Waals surface area contributed by atoms with Crippen molar-refractivity contribution in [2.75, 3.05) is 17.2 Å². The number of hydrogen-bond acceptors (Lipinski definition) is 6. The Labute approximate surface area is 172 Å². The van der Waals surface area contributed by atoms with Gasteiger partial charge in [0, 0.05) is 12.2 Å². The van der Waals surface area contributed by atoms with Crippen LogP contribution >= 0.6 is 0 Å². The Balaban J connectivity index is 2.20. The lowest BCUT2D eigenvalue weighted by Gasteiger charge is -2.20. The Morgan fingerprint density at radius 2 is 1.59 bits per heavy atom. The van der Waals surface area contributed by atoms with Gasteiger partial charge in [-0.05, 0) is 29.4 Å². The van der Waals surface area contributed by atoms with Gasteiger partial charge in [0.15, 0.2) is 0 Å². The molecular weight excluding hydrogens is 390 g/mol. The lowest BCUT2D eigenvalue weighted by atomic mass is 9.93. The van der Waals surface area contributed by atoms with E-state index in [4.69, 9.17) is 0 Å². The Kier molecular flexibility index (Phi) is 7.55. The maximum Gasteiger partial charge on any atom is 0.333 e. The van der Waals surface area contributed by atoms with Gasteiger partial charge in [-0.15, -0.1) is 0 Å². The van der Waals surface area contributed by atoms with Crippen LogP contribution in [0.2, 0.25) is 0 Å². The molecule has 29 heavy (non-hydrogen) atoms. The van der Waals surface area contributed by atoms with Crippen molar-refractivity contribution in [2.45, 2.75) is 57.8 Å². The van der Waals surface area contributed by atoms with Gasteiger partial charge in [0.1, 0.15) is 4.90 Å². The maximum atomic E-state index is 12.5. The van der Waals surface area contributed by atoms with Gasteiger partial charge in [0.2, 0.25) is 5.95 Å². The van der Waals surface area contributed by atoms with E-state index in [-0.39, 0.29) is 16.7 Å². The van der Waals surface area contributed by atoms with E-state index in [1.807, 2.05) is 57.5 Å². The molecule has 0 bridgehead atoms. The first-order valence-electron chi connectivity index (χ1n) is 9.68. The smallest absolute Gasteiger partial charge is 0.333 e. The third kappa shape index (κ3) is 5.90. The van der Waals surface area contributed by atoms with Crippen molar-refractivity contribution in [3.8, 4) is 0 Å². The van der Waals surface area contributed by atoms with Gasteiger partial charge >= 0.3 is 6.03 Å². The SMILES string of the molecule is CCCNc1ncc(S(=O)(=O)NC(=O)Nc2c(C(C)C)cccc2C(C)C)cn1. The quantitative estimate of drug-likeness (QED) is 0.595. The zero-order chi connectivity index (χ0) is 21.6. The summed E-state index contributed by atoms with van der Waals surface area (Å²) >= 11 is 0.